The molecule has 2 heterocycles. The molecular weight excluding hydrogens is 354 g/mol. The molecule has 0 N–H and O–H groups in total. The van der Waals surface area contributed by atoms with Crippen LogP contribution in [0.25, 0.3) is 0 Å². The van der Waals surface area contributed by atoms with Crippen LogP contribution in [0.3, 0.4) is 0 Å². The summed E-state index contributed by atoms with van der Waals surface area (Å²) in [6, 6.07) is 12.3. The zero-order chi connectivity index (χ0) is 19.1. The van der Waals surface area contributed by atoms with E-state index in [4.69, 9.17) is 9.57 Å². The first kappa shape index (κ1) is 16.7. The van der Waals surface area contributed by atoms with Gasteiger partial charge in [-0.25, -0.2) is 4.90 Å². The molecule has 1 fully saturated rings. The minimum atomic E-state index is -1.06. The van der Waals surface area contributed by atoms with Crippen LogP contribution in [0.1, 0.15) is 5.56 Å². The van der Waals surface area contributed by atoms with Gasteiger partial charge in [-0.2, -0.15) is 0 Å². The van der Waals surface area contributed by atoms with Gasteiger partial charge in [0.2, 0.25) is 12.0 Å². The average molecular weight is 367 g/mol. The molecule has 2 aliphatic heterocycles. The van der Waals surface area contributed by atoms with Gasteiger partial charge in [-0.3, -0.25) is 19.7 Å². The molecular formula is C18H13N3O6. The van der Waals surface area contributed by atoms with Gasteiger partial charge in [-0.05, 0) is 24.3 Å². The number of hydrogen-bond acceptors (Lipinski definition) is 7. The maximum absolute atomic E-state index is 13.0. The lowest BCUT2D eigenvalue weighted by atomic mass is 9.94. The lowest BCUT2D eigenvalue weighted by Gasteiger charge is -2.18. The molecule has 0 aliphatic carbocycles. The molecule has 0 bridgehead atoms. The van der Waals surface area contributed by atoms with Crippen LogP contribution < -0.4 is 9.64 Å². The van der Waals surface area contributed by atoms with E-state index in [-0.39, 0.29) is 11.4 Å². The Morgan fingerprint density at radius 2 is 1.81 bits per heavy atom. The van der Waals surface area contributed by atoms with Gasteiger partial charge in [-0.15, -0.1) is 0 Å². The van der Waals surface area contributed by atoms with E-state index >= 15 is 0 Å². The second kappa shape index (κ2) is 6.20. The molecule has 2 unspecified atom stereocenters. The van der Waals surface area contributed by atoms with Crippen LogP contribution in [0.5, 0.6) is 5.75 Å². The summed E-state index contributed by atoms with van der Waals surface area (Å²) in [5.74, 6) is -1.55. The highest BCUT2D eigenvalue weighted by Gasteiger charge is 2.56. The number of non-ortho nitro benzene ring substituents is 1. The van der Waals surface area contributed by atoms with E-state index in [0.717, 1.165) is 4.90 Å². The summed E-state index contributed by atoms with van der Waals surface area (Å²) in [5, 5.41) is 14.7. The number of hydrogen-bond donors (Lipinski definition) is 0. The fraction of sp³-hybridized carbons (Fsp3) is 0.167. The number of oxime groups is 1. The van der Waals surface area contributed by atoms with Gasteiger partial charge in [0.15, 0.2) is 0 Å². The normalized spacial score (nSPS) is 20.9. The van der Waals surface area contributed by atoms with E-state index in [0.29, 0.717) is 17.0 Å². The first-order valence-corrected chi connectivity index (χ1v) is 8.02. The van der Waals surface area contributed by atoms with Gasteiger partial charge >= 0.3 is 0 Å². The molecule has 0 saturated carbocycles. The quantitative estimate of drug-likeness (QED) is 0.463. The van der Waals surface area contributed by atoms with E-state index in [1.165, 1.54) is 31.4 Å². The number of nitrogens with zero attached hydrogens (tertiary/aromatic N) is 3. The third-order valence-electron chi connectivity index (χ3n) is 4.51. The van der Waals surface area contributed by atoms with Crippen LogP contribution in [0.4, 0.5) is 11.4 Å². The number of nitro benzene ring substituents is 1. The largest absolute Gasteiger partial charge is 0.495 e. The molecule has 2 atom stereocenters. The van der Waals surface area contributed by atoms with Crippen LogP contribution in [0.2, 0.25) is 0 Å². The molecule has 9 nitrogen and oxygen atoms in total. The molecule has 9 heteroatoms. The van der Waals surface area contributed by atoms with Crippen molar-refractivity contribution in [1.82, 2.24) is 0 Å². The van der Waals surface area contributed by atoms with Gasteiger partial charge in [0.25, 0.3) is 11.6 Å². The second-order valence-corrected chi connectivity index (χ2v) is 5.97. The van der Waals surface area contributed by atoms with Crippen molar-refractivity contribution in [3.63, 3.8) is 0 Å². The van der Waals surface area contributed by atoms with Crippen molar-refractivity contribution in [1.29, 1.82) is 0 Å². The number of para-hydroxylation sites is 2. The zero-order valence-electron chi connectivity index (χ0n) is 14.1. The predicted molar refractivity (Wildman–Crippen MR) is 93.5 cm³/mol. The van der Waals surface area contributed by atoms with Crippen molar-refractivity contribution in [3.8, 4) is 5.75 Å². The van der Waals surface area contributed by atoms with Crippen molar-refractivity contribution in [2.24, 2.45) is 11.1 Å². The Balaban J connectivity index is 1.69. The number of fused-ring (bicyclic) bond motifs is 1. The van der Waals surface area contributed by atoms with Crippen molar-refractivity contribution in [2.45, 2.75) is 6.10 Å². The lowest BCUT2D eigenvalue weighted by Crippen LogP contribution is -2.33. The average Bonchev–Trinajstić information content (AvgIpc) is 3.22. The smallest absolute Gasteiger partial charge is 0.279 e. The predicted octanol–water partition coefficient (Wildman–Crippen LogP) is 1.90. The Morgan fingerprint density at radius 1 is 1.11 bits per heavy atom. The van der Waals surface area contributed by atoms with Crippen LogP contribution in [0, 0.1) is 16.0 Å². The third-order valence-corrected chi connectivity index (χ3v) is 4.51. The molecule has 2 aromatic rings. The van der Waals surface area contributed by atoms with E-state index in [1.54, 1.807) is 24.3 Å². The number of methoxy groups -OCH3 is 1. The number of carbonyl (C=O) groups is 2. The molecule has 0 spiro atoms. The Bertz CT molecular complexity index is 985. The van der Waals surface area contributed by atoms with Crippen LogP contribution >= 0.6 is 0 Å². The van der Waals surface area contributed by atoms with E-state index < -0.39 is 28.8 Å². The van der Waals surface area contributed by atoms with E-state index in [1.807, 2.05) is 0 Å². The van der Waals surface area contributed by atoms with Crippen molar-refractivity contribution in [3.05, 3.63) is 64.2 Å². The molecule has 2 aromatic carbocycles. The first-order chi connectivity index (χ1) is 13.0. The number of ether oxygens (including phenoxy) is 1. The molecule has 1 saturated heterocycles. The topological polar surface area (TPSA) is 111 Å². The number of rotatable bonds is 4. The minimum absolute atomic E-state index is 0.0840. The Morgan fingerprint density at radius 3 is 2.48 bits per heavy atom. The summed E-state index contributed by atoms with van der Waals surface area (Å²) in [6.45, 7) is 0. The maximum atomic E-state index is 13.0. The fourth-order valence-corrected chi connectivity index (χ4v) is 3.22. The van der Waals surface area contributed by atoms with Crippen molar-refractivity contribution in [2.75, 3.05) is 12.0 Å². The molecule has 2 amide bonds. The maximum Gasteiger partial charge on any atom is 0.279 e. The van der Waals surface area contributed by atoms with Crippen LogP contribution in [0.15, 0.2) is 53.7 Å². The second-order valence-electron chi connectivity index (χ2n) is 5.97. The lowest BCUT2D eigenvalue weighted by molar-refractivity contribution is -0.384. The number of carbonyl (C=O) groups excluding carboxylic acids is 2. The highest BCUT2D eigenvalue weighted by Crippen LogP contribution is 2.38. The number of amides is 2. The van der Waals surface area contributed by atoms with E-state index in [9.17, 15) is 19.7 Å². The fourth-order valence-electron chi connectivity index (χ4n) is 3.22. The molecule has 2 aliphatic rings. The van der Waals surface area contributed by atoms with Crippen molar-refractivity contribution >= 4 is 28.9 Å². The number of anilines is 1. The highest BCUT2D eigenvalue weighted by atomic mass is 16.7. The van der Waals surface area contributed by atoms with E-state index in [2.05, 4.69) is 5.16 Å². The summed E-state index contributed by atoms with van der Waals surface area (Å²) < 4.78 is 5.24. The summed E-state index contributed by atoms with van der Waals surface area (Å²) in [6.07, 6.45) is -1.06. The van der Waals surface area contributed by atoms with Crippen LogP contribution in [-0.4, -0.2) is 35.7 Å². The number of nitro groups is 1. The Hall–Kier alpha value is -3.75. The van der Waals surface area contributed by atoms with Gasteiger partial charge in [0, 0.05) is 17.7 Å². The number of imide groups is 1. The first-order valence-electron chi connectivity index (χ1n) is 8.02. The molecule has 0 radical (unpaired) electrons. The summed E-state index contributed by atoms with van der Waals surface area (Å²) in [7, 11) is 1.45. The number of benzene rings is 2. The standard InChI is InChI=1S/C18H13N3O6/c1-26-13-5-3-2-4-12(13)20-17(22)14-15(19-27-16(14)18(20)23)10-6-8-11(9-7-10)21(24)25/h2-9,14,16H,1H3. The molecule has 136 valence electrons. The molecule has 4 rings (SSSR count). The van der Waals surface area contributed by atoms with Crippen molar-refractivity contribution < 1.29 is 24.1 Å². The van der Waals surface area contributed by atoms with Gasteiger partial charge < -0.3 is 9.57 Å². The van der Waals surface area contributed by atoms with Gasteiger partial charge in [0.1, 0.15) is 17.4 Å². The van der Waals surface area contributed by atoms with Gasteiger partial charge in [0.05, 0.1) is 17.7 Å². The monoisotopic (exact) mass is 367 g/mol. The van der Waals surface area contributed by atoms with Gasteiger partial charge in [-0.1, -0.05) is 17.3 Å². The van der Waals surface area contributed by atoms with Crippen LogP contribution in [-0.2, 0) is 14.4 Å². The Labute approximate surface area is 152 Å². The summed E-state index contributed by atoms with van der Waals surface area (Å²) >= 11 is 0. The Kier molecular flexibility index (Phi) is 3.84. The third kappa shape index (κ3) is 2.51. The minimum Gasteiger partial charge on any atom is -0.495 e. The summed E-state index contributed by atoms with van der Waals surface area (Å²) in [4.78, 5) is 42.3. The SMILES string of the molecule is COc1ccccc1N1C(=O)C2ON=C(c3ccc([N+](=O)[O-])cc3)C2C1=O. The zero-order valence-corrected chi connectivity index (χ0v) is 14.1. The summed E-state index contributed by atoms with van der Waals surface area (Å²) in [5.41, 5.74) is 0.997. The molecule has 27 heavy (non-hydrogen) atoms. The highest BCUT2D eigenvalue weighted by molar-refractivity contribution is 6.32. The molecule has 0 aromatic heterocycles.